The molecule has 140 valence electrons. The lowest BCUT2D eigenvalue weighted by Crippen LogP contribution is -2.22. The number of aromatic nitrogens is 1. The number of fused-ring (bicyclic) bond motifs is 1. The second kappa shape index (κ2) is 7.95. The number of rotatable bonds is 6. The molecule has 2 aromatic carbocycles. The summed E-state index contributed by atoms with van der Waals surface area (Å²) < 4.78 is 12.0. The van der Waals surface area contributed by atoms with Crippen molar-refractivity contribution in [1.29, 1.82) is 0 Å². The molecular weight excluding hydrogens is 344 g/mol. The lowest BCUT2D eigenvalue weighted by molar-refractivity contribution is 0.0597. The number of ether oxygens (including phenoxy) is 2. The van der Waals surface area contributed by atoms with Gasteiger partial charge in [0.25, 0.3) is 5.91 Å². The smallest absolute Gasteiger partial charge is 0.341 e. The monoisotopic (exact) mass is 366 g/mol. The zero-order valence-corrected chi connectivity index (χ0v) is 15.6. The summed E-state index contributed by atoms with van der Waals surface area (Å²) in [7, 11) is 2.81. The van der Waals surface area contributed by atoms with E-state index in [0.29, 0.717) is 23.4 Å². The molecule has 0 aliphatic carbocycles. The molecule has 1 aromatic heterocycles. The van der Waals surface area contributed by atoms with Crippen LogP contribution in [0.2, 0.25) is 0 Å². The second-order valence-corrected chi connectivity index (χ2v) is 6.05. The van der Waals surface area contributed by atoms with E-state index >= 15 is 0 Å². The minimum atomic E-state index is -0.481. The number of benzene rings is 2. The Morgan fingerprint density at radius 3 is 2.56 bits per heavy atom. The van der Waals surface area contributed by atoms with Crippen molar-refractivity contribution < 1.29 is 19.1 Å². The summed E-state index contributed by atoms with van der Waals surface area (Å²) >= 11 is 0. The highest BCUT2D eigenvalue weighted by Gasteiger charge is 2.16. The van der Waals surface area contributed by atoms with Crippen molar-refractivity contribution in [2.75, 3.05) is 14.2 Å². The van der Waals surface area contributed by atoms with Gasteiger partial charge in [-0.25, -0.2) is 4.79 Å². The molecule has 0 atom stereocenters. The molecule has 0 saturated heterocycles. The Morgan fingerprint density at radius 1 is 1.07 bits per heavy atom. The van der Waals surface area contributed by atoms with Crippen LogP contribution in [0.1, 0.15) is 33.2 Å². The van der Waals surface area contributed by atoms with Crippen LogP contribution in [-0.2, 0) is 17.8 Å². The molecule has 0 aliphatic heterocycles. The molecule has 1 N–H and O–H groups in total. The summed E-state index contributed by atoms with van der Waals surface area (Å²) in [6.45, 7) is 3.12. The summed E-state index contributed by atoms with van der Waals surface area (Å²) in [6, 6.07) is 13.0. The maximum Gasteiger partial charge on any atom is 0.341 e. The maximum absolute atomic E-state index is 12.7. The van der Waals surface area contributed by atoms with E-state index in [1.165, 1.54) is 14.2 Å². The number of nitrogens with one attached hydrogen (secondary N) is 1. The average molecular weight is 366 g/mol. The Morgan fingerprint density at radius 2 is 1.85 bits per heavy atom. The van der Waals surface area contributed by atoms with Gasteiger partial charge in [-0.1, -0.05) is 24.3 Å². The summed E-state index contributed by atoms with van der Waals surface area (Å²) in [5.74, 6) is -0.206. The molecule has 0 saturated carbocycles. The van der Waals surface area contributed by atoms with Crippen LogP contribution < -0.4 is 10.1 Å². The highest BCUT2D eigenvalue weighted by molar-refractivity contribution is 6.07. The number of aryl methyl sites for hydroxylation is 1. The quantitative estimate of drug-likeness (QED) is 0.679. The highest BCUT2D eigenvalue weighted by Crippen LogP contribution is 2.23. The van der Waals surface area contributed by atoms with E-state index in [0.717, 1.165) is 23.0 Å². The molecule has 0 bridgehead atoms. The Kier molecular flexibility index (Phi) is 5.45. The summed E-state index contributed by atoms with van der Waals surface area (Å²) in [4.78, 5) is 24.6. The predicted octanol–water partition coefficient (Wildman–Crippen LogP) is 3.39. The SMILES string of the molecule is CCn1cc(C(=O)NCc2ccc(OC)c(C(=O)OC)c2)c2ccccc21. The van der Waals surface area contributed by atoms with Gasteiger partial charge in [0.15, 0.2) is 0 Å². The molecule has 3 aromatic rings. The average Bonchev–Trinajstić information content (AvgIpc) is 3.10. The summed E-state index contributed by atoms with van der Waals surface area (Å²) in [6.07, 6.45) is 1.87. The standard InChI is InChI=1S/C21H22N2O4/c1-4-23-13-17(15-7-5-6-8-18(15)23)20(24)22-12-14-9-10-19(26-2)16(11-14)21(25)27-3/h5-11,13H,4,12H2,1-3H3,(H,22,24). The third-order valence-electron chi connectivity index (χ3n) is 4.50. The fourth-order valence-electron chi connectivity index (χ4n) is 3.10. The number of hydrogen-bond acceptors (Lipinski definition) is 4. The van der Waals surface area contributed by atoms with Crippen molar-refractivity contribution in [3.63, 3.8) is 0 Å². The molecule has 0 radical (unpaired) electrons. The zero-order chi connectivity index (χ0) is 19.4. The first-order valence-corrected chi connectivity index (χ1v) is 8.70. The minimum Gasteiger partial charge on any atom is -0.496 e. The van der Waals surface area contributed by atoms with Gasteiger partial charge in [0.2, 0.25) is 0 Å². The van der Waals surface area contributed by atoms with Gasteiger partial charge in [-0.2, -0.15) is 0 Å². The van der Waals surface area contributed by atoms with Crippen molar-refractivity contribution >= 4 is 22.8 Å². The number of para-hydroxylation sites is 1. The molecular formula is C21H22N2O4. The van der Waals surface area contributed by atoms with Gasteiger partial charge in [-0.05, 0) is 30.7 Å². The first-order chi connectivity index (χ1) is 13.1. The maximum atomic E-state index is 12.7. The van der Waals surface area contributed by atoms with Crippen molar-refractivity contribution in [2.45, 2.75) is 20.0 Å². The minimum absolute atomic E-state index is 0.158. The lowest BCUT2D eigenvalue weighted by atomic mass is 10.1. The van der Waals surface area contributed by atoms with Crippen molar-refractivity contribution in [1.82, 2.24) is 9.88 Å². The molecule has 1 heterocycles. The van der Waals surface area contributed by atoms with E-state index in [2.05, 4.69) is 5.32 Å². The van der Waals surface area contributed by atoms with Crippen LogP contribution in [0.15, 0.2) is 48.7 Å². The third kappa shape index (κ3) is 3.65. The van der Waals surface area contributed by atoms with Gasteiger partial charge in [-0.15, -0.1) is 0 Å². The van der Waals surface area contributed by atoms with Crippen molar-refractivity contribution in [2.24, 2.45) is 0 Å². The fourth-order valence-corrected chi connectivity index (χ4v) is 3.10. The number of esters is 1. The van der Waals surface area contributed by atoms with Gasteiger partial charge >= 0.3 is 5.97 Å². The lowest BCUT2D eigenvalue weighted by Gasteiger charge is -2.10. The molecule has 1 amide bonds. The molecule has 6 heteroatoms. The molecule has 3 rings (SSSR count). The molecule has 6 nitrogen and oxygen atoms in total. The Bertz CT molecular complexity index is 991. The van der Waals surface area contributed by atoms with Gasteiger partial charge in [0.05, 0.1) is 19.8 Å². The van der Waals surface area contributed by atoms with Crippen LogP contribution in [0.4, 0.5) is 0 Å². The highest BCUT2D eigenvalue weighted by atomic mass is 16.5. The van der Waals surface area contributed by atoms with E-state index in [9.17, 15) is 9.59 Å². The van der Waals surface area contributed by atoms with Crippen LogP contribution in [0, 0.1) is 0 Å². The number of amides is 1. The van der Waals surface area contributed by atoms with Crippen LogP contribution in [0.3, 0.4) is 0 Å². The third-order valence-corrected chi connectivity index (χ3v) is 4.50. The van der Waals surface area contributed by atoms with Gasteiger partial charge in [-0.3, -0.25) is 4.79 Å². The number of hydrogen-bond donors (Lipinski definition) is 1. The number of carbonyl (C=O) groups excluding carboxylic acids is 2. The molecule has 0 unspecified atom stereocenters. The van der Waals surface area contributed by atoms with Crippen LogP contribution in [0.25, 0.3) is 10.9 Å². The van der Waals surface area contributed by atoms with Gasteiger partial charge in [0, 0.05) is 30.2 Å². The Labute approximate surface area is 157 Å². The predicted molar refractivity (Wildman–Crippen MR) is 103 cm³/mol. The van der Waals surface area contributed by atoms with Crippen molar-refractivity contribution in [3.8, 4) is 5.75 Å². The van der Waals surface area contributed by atoms with Gasteiger partial charge in [0.1, 0.15) is 11.3 Å². The van der Waals surface area contributed by atoms with E-state index in [1.54, 1.807) is 18.2 Å². The number of methoxy groups -OCH3 is 2. The molecule has 27 heavy (non-hydrogen) atoms. The van der Waals surface area contributed by atoms with E-state index in [-0.39, 0.29) is 5.91 Å². The first-order valence-electron chi connectivity index (χ1n) is 8.70. The zero-order valence-electron chi connectivity index (χ0n) is 15.6. The normalized spacial score (nSPS) is 10.6. The fraction of sp³-hybridized carbons (Fsp3) is 0.238. The van der Waals surface area contributed by atoms with Crippen LogP contribution in [-0.4, -0.2) is 30.7 Å². The van der Waals surface area contributed by atoms with E-state index in [1.807, 2.05) is 42.0 Å². The van der Waals surface area contributed by atoms with E-state index in [4.69, 9.17) is 9.47 Å². The van der Waals surface area contributed by atoms with E-state index < -0.39 is 5.97 Å². The molecule has 0 spiro atoms. The topological polar surface area (TPSA) is 69.6 Å². The number of carbonyl (C=O) groups is 2. The summed E-state index contributed by atoms with van der Waals surface area (Å²) in [5.41, 5.74) is 2.77. The molecule has 0 fully saturated rings. The Balaban J connectivity index is 1.81. The largest absolute Gasteiger partial charge is 0.496 e. The second-order valence-electron chi connectivity index (χ2n) is 6.05. The number of nitrogens with zero attached hydrogens (tertiary/aromatic N) is 1. The first kappa shape index (κ1) is 18.5. The molecule has 0 aliphatic rings. The summed E-state index contributed by atoms with van der Waals surface area (Å²) in [5, 5.41) is 3.84. The Hall–Kier alpha value is -3.28. The van der Waals surface area contributed by atoms with Crippen LogP contribution in [0.5, 0.6) is 5.75 Å². The van der Waals surface area contributed by atoms with Gasteiger partial charge < -0.3 is 19.4 Å². The van der Waals surface area contributed by atoms with Crippen LogP contribution >= 0.6 is 0 Å². The van der Waals surface area contributed by atoms with Crippen molar-refractivity contribution in [3.05, 3.63) is 65.4 Å².